The first kappa shape index (κ1) is 8.48. The minimum absolute atomic E-state index is 0.368. The van der Waals surface area contributed by atoms with Crippen molar-refractivity contribution in [2.45, 2.75) is 19.3 Å². The standard InChI is InChI=1S/C8H12FNO/c9-4-1-8(7-10)2-5-11-6-3-8/h1-6H2. The topological polar surface area (TPSA) is 33.0 Å². The molecule has 1 aliphatic heterocycles. The number of alkyl halides is 1. The monoisotopic (exact) mass is 157 g/mol. The molecule has 1 saturated heterocycles. The zero-order valence-corrected chi connectivity index (χ0v) is 6.48. The van der Waals surface area contributed by atoms with Crippen molar-refractivity contribution in [3.8, 4) is 6.07 Å². The highest BCUT2D eigenvalue weighted by Gasteiger charge is 2.31. The van der Waals surface area contributed by atoms with Crippen molar-refractivity contribution in [2.75, 3.05) is 19.9 Å². The van der Waals surface area contributed by atoms with Crippen molar-refractivity contribution in [3.63, 3.8) is 0 Å². The summed E-state index contributed by atoms with van der Waals surface area (Å²) in [5, 5.41) is 8.80. The van der Waals surface area contributed by atoms with Gasteiger partial charge < -0.3 is 4.74 Å². The summed E-state index contributed by atoms with van der Waals surface area (Å²) >= 11 is 0. The van der Waals surface area contributed by atoms with Gasteiger partial charge in [-0.3, -0.25) is 4.39 Å². The second kappa shape index (κ2) is 3.68. The zero-order valence-electron chi connectivity index (χ0n) is 6.48. The van der Waals surface area contributed by atoms with Crippen LogP contribution in [0.15, 0.2) is 0 Å². The van der Waals surface area contributed by atoms with Crippen LogP contribution in [0.5, 0.6) is 0 Å². The van der Waals surface area contributed by atoms with Gasteiger partial charge in [0.2, 0.25) is 0 Å². The summed E-state index contributed by atoms with van der Waals surface area (Å²) in [5.74, 6) is 0. The van der Waals surface area contributed by atoms with E-state index < -0.39 is 12.1 Å². The van der Waals surface area contributed by atoms with E-state index in [1.54, 1.807) is 0 Å². The van der Waals surface area contributed by atoms with Gasteiger partial charge in [-0.25, -0.2) is 0 Å². The van der Waals surface area contributed by atoms with Crippen molar-refractivity contribution in [1.29, 1.82) is 5.26 Å². The summed E-state index contributed by atoms with van der Waals surface area (Å²) in [4.78, 5) is 0. The van der Waals surface area contributed by atoms with Gasteiger partial charge in [-0.05, 0) is 19.3 Å². The quantitative estimate of drug-likeness (QED) is 0.610. The number of nitriles is 1. The maximum atomic E-state index is 12.0. The van der Waals surface area contributed by atoms with E-state index in [2.05, 4.69) is 6.07 Å². The van der Waals surface area contributed by atoms with E-state index in [1.807, 2.05) is 0 Å². The Morgan fingerprint density at radius 1 is 1.45 bits per heavy atom. The Kier molecular flexibility index (Phi) is 2.84. The molecule has 62 valence electrons. The first-order valence-electron chi connectivity index (χ1n) is 3.88. The smallest absolute Gasteiger partial charge is 0.0909 e. The van der Waals surface area contributed by atoms with Crippen LogP contribution in [-0.4, -0.2) is 19.9 Å². The molecule has 0 aromatic carbocycles. The number of nitrogens with zero attached hydrogens (tertiary/aromatic N) is 1. The van der Waals surface area contributed by atoms with Crippen LogP contribution in [0, 0.1) is 16.7 Å². The molecule has 0 aliphatic carbocycles. The Morgan fingerprint density at radius 3 is 2.55 bits per heavy atom. The fourth-order valence-corrected chi connectivity index (χ4v) is 1.36. The van der Waals surface area contributed by atoms with Crippen molar-refractivity contribution in [1.82, 2.24) is 0 Å². The Bertz CT molecular complexity index is 152. The van der Waals surface area contributed by atoms with E-state index in [4.69, 9.17) is 10.00 Å². The lowest BCUT2D eigenvalue weighted by molar-refractivity contribution is 0.0343. The lowest BCUT2D eigenvalue weighted by Crippen LogP contribution is -2.28. The maximum Gasteiger partial charge on any atom is 0.0909 e. The van der Waals surface area contributed by atoms with Gasteiger partial charge in [-0.15, -0.1) is 0 Å². The van der Waals surface area contributed by atoms with Crippen LogP contribution in [0.4, 0.5) is 4.39 Å². The third-order valence-electron chi connectivity index (χ3n) is 2.26. The van der Waals surface area contributed by atoms with Crippen LogP contribution in [-0.2, 0) is 4.74 Å². The Balaban J connectivity index is 2.51. The van der Waals surface area contributed by atoms with Crippen LogP contribution in [0.2, 0.25) is 0 Å². The van der Waals surface area contributed by atoms with Crippen molar-refractivity contribution >= 4 is 0 Å². The first-order chi connectivity index (χ1) is 5.33. The highest BCUT2D eigenvalue weighted by molar-refractivity contribution is 4.99. The predicted octanol–water partition coefficient (Wildman–Crippen LogP) is 1.67. The van der Waals surface area contributed by atoms with Gasteiger partial charge in [0.15, 0.2) is 0 Å². The van der Waals surface area contributed by atoms with E-state index in [9.17, 15) is 4.39 Å². The Hall–Kier alpha value is -0.620. The SMILES string of the molecule is N#CC1(CCF)CCOCC1. The molecule has 0 bridgehead atoms. The summed E-state index contributed by atoms with van der Waals surface area (Å²) < 4.78 is 17.1. The molecule has 3 heteroatoms. The summed E-state index contributed by atoms with van der Waals surface area (Å²) in [6, 6.07) is 2.20. The fraction of sp³-hybridized carbons (Fsp3) is 0.875. The van der Waals surface area contributed by atoms with E-state index in [0.717, 1.165) is 0 Å². The van der Waals surface area contributed by atoms with E-state index in [-0.39, 0.29) is 0 Å². The van der Waals surface area contributed by atoms with Gasteiger partial charge in [0, 0.05) is 13.2 Å². The number of hydrogen-bond acceptors (Lipinski definition) is 2. The van der Waals surface area contributed by atoms with Gasteiger partial charge in [0.05, 0.1) is 18.2 Å². The summed E-state index contributed by atoms with van der Waals surface area (Å²) in [6.07, 6.45) is 1.74. The van der Waals surface area contributed by atoms with Crippen LogP contribution >= 0.6 is 0 Å². The summed E-state index contributed by atoms with van der Waals surface area (Å²) in [5.41, 5.74) is -0.424. The fourth-order valence-electron chi connectivity index (χ4n) is 1.36. The molecule has 0 unspecified atom stereocenters. The minimum Gasteiger partial charge on any atom is -0.381 e. The van der Waals surface area contributed by atoms with Crippen LogP contribution < -0.4 is 0 Å². The molecule has 1 rings (SSSR count). The molecule has 0 aromatic heterocycles. The number of hydrogen-bond donors (Lipinski definition) is 0. The van der Waals surface area contributed by atoms with Crippen LogP contribution in [0.25, 0.3) is 0 Å². The molecule has 0 saturated carbocycles. The summed E-state index contributed by atoms with van der Waals surface area (Å²) in [7, 11) is 0. The molecule has 11 heavy (non-hydrogen) atoms. The summed E-state index contributed by atoms with van der Waals surface area (Å²) in [6.45, 7) is 0.814. The third-order valence-corrected chi connectivity index (χ3v) is 2.26. The molecule has 1 aliphatic rings. The second-order valence-corrected chi connectivity index (χ2v) is 2.94. The molecule has 0 amide bonds. The van der Waals surface area contributed by atoms with Gasteiger partial charge in [0.25, 0.3) is 0 Å². The van der Waals surface area contributed by atoms with Gasteiger partial charge >= 0.3 is 0 Å². The van der Waals surface area contributed by atoms with Crippen LogP contribution in [0.1, 0.15) is 19.3 Å². The number of ether oxygens (including phenoxy) is 1. The number of rotatable bonds is 2. The molecule has 1 heterocycles. The average molecular weight is 157 g/mol. The molecule has 0 N–H and O–H groups in total. The highest BCUT2D eigenvalue weighted by atomic mass is 19.1. The molecule has 1 fully saturated rings. The molecule has 2 nitrogen and oxygen atoms in total. The molecule has 0 spiro atoms. The lowest BCUT2D eigenvalue weighted by Gasteiger charge is -2.29. The van der Waals surface area contributed by atoms with Crippen molar-refractivity contribution in [2.24, 2.45) is 5.41 Å². The van der Waals surface area contributed by atoms with Gasteiger partial charge in [-0.2, -0.15) is 5.26 Å². The highest BCUT2D eigenvalue weighted by Crippen LogP contribution is 2.33. The van der Waals surface area contributed by atoms with Gasteiger partial charge in [-0.1, -0.05) is 0 Å². The second-order valence-electron chi connectivity index (χ2n) is 2.94. The molecule has 0 radical (unpaired) electrons. The minimum atomic E-state index is -0.424. The zero-order chi connectivity index (χ0) is 8.16. The largest absolute Gasteiger partial charge is 0.381 e. The molecule has 0 atom stereocenters. The molecular weight excluding hydrogens is 145 g/mol. The molecular formula is C8H12FNO. The lowest BCUT2D eigenvalue weighted by atomic mass is 9.79. The number of halogens is 1. The van der Waals surface area contributed by atoms with E-state index >= 15 is 0 Å². The Morgan fingerprint density at radius 2 is 2.09 bits per heavy atom. The van der Waals surface area contributed by atoms with Crippen molar-refractivity contribution in [3.05, 3.63) is 0 Å². The normalized spacial score (nSPS) is 22.5. The molecule has 0 aromatic rings. The van der Waals surface area contributed by atoms with Gasteiger partial charge in [0.1, 0.15) is 0 Å². The van der Waals surface area contributed by atoms with E-state index in [1.165, 1.54) is 0 Å². The van der Waals surface area contributed by atoms with Crippen LogP contribution in [0.3, 0.4) is 0 Å². The average Bonchev–Trinajstić information content (AvgIpc) is 2.07. The Labute approximate surface area is 66.0 Å². The van der Waals surface area contributed by atoms with E-state index in [0.29, 0.717) is 32.5 Å². The first-order valence-corrected chi connectivity index (χ1v) is 3.88. The maximum absolute atomic E-state index is 12.0. The van der Waals surface area contributed by atoms with Crippen molar-refractivity contribution < 1.29 is 9.13 Å². The predicted molar refractivity (Wildman–Crippen MR) is 38.7 cm³/mol. The third kappa shape index (κ3) is 1.90.